The summed E-state index contributed by atoms with van der Waals surface area (Å²) in [7, 11) is 3.08. The van der Waals surface area contributed by atoms with Crippen LogP contribution in [0.1, 0.15) is 0 Å². The van der Waals surface area contributed by atoms with Gasteiger partial charge in [0.05, 0.1) is 14.2 Å². The van der Waals surface area contributed by atoms with Crippen molar-refractivity contribution >= 4 is 108 Å². The Bertz CT molecular complexity index is 1160. The van der Waals surface area contributed by atoms with Crippen LogP contribution >= 0.6 is 95.6 Å². The third kappa shape index (κ3) is 1.22. The van der Waals surface area contributed by atoms with Crippen molar-refractivity contribution in [1.82, 2.24) is 0 Å². The quantitative estimate of drug-likeness (QED) is 0.294. The molecule has 0 heterocycles. The van der Waals surface area contributed by atoms with Crippen LogP contribution in [-0.2, 0) is 19.1 Å². The Hall–Kier alpha value is 1.82. The monoisotopic (exact) mass is 846 g/mol. The van der Waals surface area contributed by atoms with Crippen molar-refractivity contribution in [1.29, 1.82) is 0 Å². The zero-order valence-corrected chi connectivity index (χ0v) is 27.5. The summed E-state index contributed by atoms with van der Waals surface area (Å²) in [5.74, 6) is 3.89. The molecule has 0 amide bonds. The molecule has 10 aliphatic carbocycles. The molecule has 10 aliphatic rings. The molecule has 2 spiro atoms. The Morgan fingerprint density at radius 2 is 0.941 bits per heavy atom. The predicted octanol–water partition coefficient (Wildman–Crippen LogP) is 4.90. The Morgan fingerprint density at radius 3 is 1.32 bits per heavy atom. The van der Waals surface area contributed by atoms with Crippen LogP contribution in [0.2, 0.25) is 0 Å². The standard InChI is InChI=1S/C24H20Br6O4/c1-33-17(31)19(27)13-5-6-14(19)22-8-4-3-7(11(8)25)21(13,22)23(29)9(3)12(26)10(4)24(22,30)16(6)20(28,15(5)23)18(32)34-2/h3-16H,1-2H3/t3-,4-,5-,6-,7?,8?,9-,10+,11?,12?,13-,14+,15+,16-,19?,20?,21?,22?,23+,24-/m0/s1. The lowest BCUT2D eigenvalue weighted by molar-refractivity contribution is -0.146. The van der Waals surface area contributed by atoms with Crippen LogP contribution < -0.4 is 0 Å². The fraction of sp³-hybridized carbons (Fsp3) is 0.917. The second-order valence-corrected chi connectivity index (χ2v) is 20.4. The van der Waals surface area contributed by atoms with E-state index in [-0.39, 0.29) is 66.9 Å². The minimum Gasteiger partial charge on any atom is -0.468 e. The lowest BCUT2D eigenvalue weighted by Gasteiger charge is -2.55. The summed E-state index contributed by atoms with van der Waals surface area (Å²) in [6.07, 6.45) is 0. The van der Waals surface area contributed by atoms with E-state index in [1.165, 1.54) is 7.11 Å². The third-order valence-electron chi connectivity index (χ3n) is 14.1. The molecular formula is C24H20Br6O4. The number of hydrogen-bond acceptors (Lipinski definition) is 4. The van der Waals surface area contributed by atoms with Crippen LogP contribution in [0.25, 0.3) is 0 Å². The number of methoxy groups -OCH3 is 2. The maximum atomic E-state index is 13.9. The van der Waals surface area contributed by atoms with Gasteiger partial charge in [-0.3, -0.25) is 9.59 Å². The molecule has 0 saturated heterocycles. The van der Waals surface area contributed by atoms with Gasteiger partial charge in [0, 0.05) is 41.0 Å². The molecule has 0 radical (unpaired) electrons. The number of halogens is 6. The Morgan fingerprint density at radius 1 is 0.588 bits per heavy atom. The van der Waals surface area contributed by atoms with Gasteiger partial charge in [0.2, 0.25) is 0 Å². The van der Waals surface area contributed by atoms with Gasteiger partial charge in [0.1, 0.15) is 8.65 Å². The van der Waals surface area contributed by atoms with Crippen molar-refractivity contribution in [2.24, 2.45) is 81.8 Å². The first-order valence-electron chi connectivity index (χ1n) is 12.2. The highest BCUT2D eigenvalue weighted by Crippen LogP contribution is 3.12. The molecule has 4 nitrogen and oxygen atoms in total. The van der Waals surface area contributed by atoms with E-state index in [1.54, 1.807) is 7.11 Å². The Kier molecular flexibility index (Phi) is 3.28. The van der Waals surface area contributed by atoms with Crippen molar-refractivity contribution in [2.75, 3.05) is 14.2 Å². The van der Waals surface area contributed by atoms with Gasteiger partial charge in [-0.1, -0.05) is 95.6 Å². The van der Waals surface area contributed by atoms with Gasteiger partial charge in [-0.15, -0.1) is 0 Å². The third-order valence-corrected chi connectivity index (χ3v) is 22.4. The van der Waals surface area contributed by atoms with Crippen LogP contribution in [-0.4, -0.2) is 53.1 Å². The lowest BCUT2D eigenvalue weighted by Crippen LogP contribution is -2.58. The molecule has 10 rings (SSSR count). The number of fused-ring (bicyclic) bond motifs is 4. The molecule has 34 heavy (non-hydrogen) atoms. The number of rotatable bonds is 2. The minimum absolute atomic E-state index is 0.0715. The van der Waals surface area contributed by atoms with E-state index in [2.05, 4.69) is 95.6 Å². The van der Waals surface area contributed by atoms with Gasteiger partial charge in [-0.05, 0) is 59.2 Å². The zero-order chi connectivity index (χ0) is 23.7. The SMILES string of the molecule is COC(=O)C1(Br)[C@H]2[C@@H]3[C@@H]4[C@@H]5C(Br)(C(=O)OC)[C@H]3[C@@]3(Br)[C@H]6C(Br)[C@@H]7[C@@H]8C9C(Br)C([C@H]86)C23C9([C@@H]41)[C@@]75Br. The molecule has 0 N–H and O–H groups in total. The average Bonchev–Trinajstić information content (AvgIpc) is 3.59. The number of carbonyl (C=O) groups is 2. The second-order valence-electron chi connectivity index (χ2n) is 13.0. The van der Waals surface area contributed by atoms with Crippen LogP contribution in [0, 0.1) is 81.8 Å². The van der Waals surface area contributed by atoms with Gasteiger partial charge in [-0.25, -0.2) is 0 Å². The van der Waals surface area contributed by atoms with Crippen molar-refractivity contribution in [3.8, 4) is 0 Å². The van der Waals surface area contributed by atoms with E-state index in [9.17, 15) is 9.59 Å². The van der Waals surface area contributed by atoms with Crippen molar-refractivity contribution < 1.29 is 19.1 Å². The van der Waals surface area contributed by atoms with E-state index in [1.807, 2.05) is 0 Å². The first kappa shape index (κ1) is 21.6. The fourth-order valence-electron chi connectivity index (χ4n) is 15.5. The Labute approximate surface area is 247 Å². The fourth-order valence-corrected chi connectivity index (χ4v) is 27.0. The highest BCUT2D eigenvalue weighted by atomic mass is 79.9. The normalized spacial score (nSPS) is 80.7. The molecule has 0 aromatic rings. The summed E-state index contributed by atoms with van der Waals surface area (Å²) in [6.45, 7) is 0. The Balaban J connectivity index is 1.45. The van der Waals surface area contributed by atoms with Crippen molar-refractivity contribution in [3.05, 3.63) is 0 Å². The van der Waals surface area contributed by atoms with E-state index >= 15 is 0 Å². The average molecular weight is 852 g/mol. The van der Waals surface area contributed by atoms with Crippen LogP contribution in [0.3, 0.4) is 0 Å². The number of hydrogen-bond donors (Lipinski definition) is 0. The first-order chi connectivity index (χ1) is 16.0. The number of alkyl halides is 6. The summed E-state index contributed by atoms with van der Waals surface area (Å²) in [4.78, 5) is 28.6. The van der Waals surface area contributed by atoms with Gasteiger partial charge in [0.15, 0.2) is 0 Å². The highest BCUT2D eigenvalue weighted by molar-refractivity contribution is 9.11. The molecule has 10 fully saturated rings. The molecular weight excluding hydrogens is 832 g/mol. The minimum atomic E-state index is -0.753. The van der Waals surface area contributed by atoms with Gasteiger partial charge >= 0.3 is 11.9 Å². The summed E-state index contributed by atoms with van der Waals surface area (Å²) in [6, 6.07) is 0. The molecule has 182 valence electrons. The van der Waals surface area contributed by atoms with Crippen LogP contribution in [0.15, 0.2) is 0 Å². The maximum absolute atomic E-state index is 13.9. The zero-order valence-electron chi connectivity index (χ0n) is 18.0. The molecule has 4 bridgehead atoms. The van der Waals surface area contributed by atoms with E-state index < -0.39 is 8.65 Å². The summed E-state index contributed by atoms with van der Waals surface area (Å²) >= 11 is 26.3. The summed E-state index contributed by atoms with van der Waals surface area (Å²) < 4.78 is 9.29. The largest absolute Gasteiger partial charge is 0.468 e. The number of esters is 2. The molecule has 10 saturated carbocycles. The van der Waals surface area contributed by atoms with Crippen LogP contribution in [0.5, 0.6) is 0 Å². The lowest BCUT2D eigenvalue weighted by atomic mass is 9.51. The van der Waals surface area contributed by atoms with Crippen LogP contribution in [0.4, 0.5) is 0 Å². The molecule has 20 atom stereocenters. The van der Waals surface area contributed by atoms with E-state index in [0.717, 1.165) is 0 Å². The molecule has 10 heteroatoms. The second kappa shape index (κ2) is 5.16. The van der Waals surface area contributed by atoms with Crippen molar-refractivity contribution in [2.45, 2.75) is 27.0 Å². The number of carbonyl (C=O) groups excluding carboxylic acids is 2. The van der Waals surface area contributed by atoms with E-state index in [4.69, 9.17) is 9.47 Å². The topological polar surface area (TPSA) is 52.6 Å². The first-order valence-corrected chi connectivity index (χ1v) is 17.2. The summed E-state index contributed by atoms with van der Waals surface area (Å²) in [5, 5.41) is 0. The smallest absolute Gasteiger partial charge is 0.323 e. The van der Waals surface area contributed by atoms with Gasteiger partial charge in [-0.2, -0.15) is 0 Å². The molecule has 0 aliphatic heterocycles. The molecule has 0 aromatic carbocycles. The maximum Gasteiger partial charge on any atom is 0.323 e. The van der Waals surface area contributed by atoms with E-state index in [0.29, 0.717) is 45.2 Å². The van der Waals surface area contributed by atoms with Gasteiger partial charge < -0.3 is 9.47 Å². The molecule has 8 unspecified atom stereocenters. The van der Waals surface area contributed by atoms with Crippen molar-refractivity contribution in [3.63, 3.8) is 0 Å². The summed E-state index contributed by atoms with van der Waals surface area (Å²) in [5.41, 5.74) is -0.143. The predicted molar refractivity (Wildman–Crippen MR) is 143 cm³/mol. The highest BCUT2D eigenvalue weighted by Gasteiger charge is 3.15. The van der Waals surface area contributed by atoms with Gasteiger partial charge in [0.25, 0.3) is 0 Å². The molecule has 0 aromatic heterocycles. The number of ether oxygens (including phenoxy) is 2.